The molecule has 4 aromatic rings. The number of aromatic nitrogens is 2. The van der Waals surface area contributed by atoms with E-state index in [0.29, 0.717) is 18.3 Å². The molecule has 6 heteroatoms. The van der Waals surface area contributed by atoms with Crippen LogP contribution in [0.1, 0.15) is 11.4 Å². The molecule has 0 atom stereocenters. The van der Waals surface area contributed by atoms with E-state index in [1.54, 1.807) is 0 Å². The molecule has 0 aliphatic heterocycles. The van der Waals surface area contributed by atoms with E-state index < -0.39 is 0 Å². The van der Waals surface area contributed by atoms with E-state index in [1.165, 1.54) is 11.3 Å². The number of hydrogen-bond donors (Lipinski definition) is 1. The van der Waals surface area contributed by atoms with Gasteiger partial charge in [-0.1, -0.05) is 41.6 Å². The first-order chi connectivity index (χ1) is 11.8. The molecule has 0 spiro atoms. The number of rotatable bonds is 5. The number of fused-ring (bicyclic) bond motifs is 1. The lowest BCUT2D eigenvalue weighted by atomic mass is 10.1. The van der Waals surface area contributed by atoms with Gasteiger partial charge in [0.05, 0.1) is 4.88 Å². The fourth-order valence-electron chi connectivity index (χ4n) is 2.55. The lowest BCUT2D eigenvalue weighted by Crippen LogP contribution is -1.98. The highest BCUT2D eigenvalue weighted by Crippen LogP contribution is 2.29. The molecule has 0 radical (unpaired) electrons. The number of thiophene rings is 1. The van der Waals surface area contributed by atoms with E-state index in [4.69, 9.17) is 15.0 Å². The molecule has 0 bridgehead atoms. The zero-order chi connectivity index (χ0) is 16.4. The van der Waals surface area contributed by atoms with Gasteiger partial charge < -0.3 is 15.0 Å². The molecule has 24 heavy (non-hydrogen) atoms. The lowest BCUT2D eigenvalue weighted by molar-refractivity contribution is 0.290. The third kappa shape index (κ3) is 2.77. The second kappa shape index (κ2) is 6.43. The minimum Gasteiger partial charge on any atom is -0.485 e. The zero-order valence-electron chi connectivity index (χ0n) is 12.8. The van der Waals surface area contributed by atoms with Crippen molar-refractivity contribution in [3.05, 3.63) is 65.3 Å². The summed E-state index contributed by atoms with van der Waals surface area (Å²) in [7, 11) is 0. The van der Waals surface area contributed by atoms with E-state index >= 15 is 0 Å². The average Bonchev–Trinajstić information content (AvgIpc) is 3.28. The summed E-state index contributed by atoms with van der Waals surface area (Å²) in [6.07, 6.45) is 0. The van der Waals surface area contributed by atoms with Gasteiger partial charge in [-0.05, 0) is 28.5 Å². The van der Waals surface area contributed by atoms with Crippen LogP contribution in [0.5, 0.6) is 5.75 Å². The standard InChI is InChI=1S/C18H15N3O2S/c19-10-13-8-9-24-17(13)18-20-16(21-23-18)11-22-15-7-3-5-12-4-1-2-6-14(12)15/h1-9H,10-11,19H2. The Morgan fingerprint density at radius 3 is 2.88 bits per heavy atom. The summed E-state index contributed by atoms with van der Waals surface area (Å²) in [5, 5.41) is 8.16. The van der Waals surface area contributed by atoms with Gasteiger partial charge in [-0.2, -0.15) is 4.98 Å². The normalized spacial score (nSPS) is 11.0. The molecule has 0 aliphatic rings. The van der Waals surface area contributed by atoms with Crippen LogP contribution in [0.4, 0.5) is 0 Å². The second-order valence-electron chi connectivity index (χ2n) is 5.26. The van der Waals surface area contributed by atoms with Gasteiger partial charge in [0.1, 0.15) is 5.75 Å². The third-order valence-corrected chi connectivity index (χ3v) is 4.68. The SMILES string of the molecule is NCc1ccsc1-c1nc(COc2cccc3ccccc23)no1. The van der Waals surface area contributed by atoms with E-state index in [1.807, 2.05) is 41.8 Å². The molecule has 0 fully saturated rings. The van der Waals surface area contributed by atoms with Crippen molar-refractivity contribution in [1.82, 2.24) is 10.1 Å². The molecule has 0 saturated heterocycles. The van der Waals surface area contributed by atoms with Crippen LogP contribution >= 0.6 is 11.3 Å². The van der Waals surface area contributed by atoms with E-state index in [-0.39, 0.29) is 6.61 Å². The van der Waals surface area contributed by atoms with E-state index in [9.17, 15) is 0 Å². The summed E-state index contributed by atoms with van der Waals surface area (Å²) in [6, 6.07) is 16.0. The van der Waals surface area contributed by atoms with Gasteiger partial charge in [0.15, 0.2) is 6.61 Å². The van der Waals surface area contributed by atoms with Crippen LogP contribution < -0.4 is 10.5 Å². The Morgan fingerprint density at radius 2 is 1.96 bits per heavy atom. The molecule has 2 N–H and O–H groups in total. The summed E-state index contributed by atoms with van der Waals surface area (Å²) >= 11 is 1.54. The number of nitrogens with two attached hydrogens (primary N) is 1. The minimum atomic E-state index is 0.251. The van der Waals surface area contributed by atoms with Crippen LogP contribution in [-0.4, -0.2) is 10.1 Å². The first kappa shape index (κ1) is 14.9. The van der Waals surface area contributed by atoms with E-state index in [2.05, 4.69) is 22.3 Å². The van der Waals surface area contributed by atoms with Crippen molar-refractivity contribution in [1.29, 1.82) is 0 Å². The fourth-order valence-corrected chi connectivity index (χ4v) is 3.41. The predicted molar refractivity (Wildman–Crippen MR) is 93.8 cm³/mol. The third-order valence-electron chi connectivity index (χ3n) is 3.74. The number of benzene rings is 2. The van der Waals surface area contributed by atoms with Crippen LogP contribution in [0.3, 0.4) is 0 Å². The molecule has 2 aromatic heterocycles. The van der Waals surface area contributed by atoms with Crippen LogP contribution in [0.2, 0.25) is 0 Å². The second-order valence-corrected chi connectivity index (χ2v) is 6.18. The highest BCUT2D eigenvalue weighted by molar-refractivity contribution is 7.13. The van der Waals surface area contributed by atoms with Gasteiger partial charge in [-0.3, -0.25) is 0 Å². The highest BCUT2D eigenvalue weighted by atomic mass is 32.1. The van der Waals surface area contributed by atoms with Crippen molar-refractivity contribution in [3.8, 4) is 16.5 Å². The van der Waals surface area contributed by atoms with Crippen molar-refractivity contribution in [2.75, 3.05) is 0 Å². The van der Waals surface area contributed by atoms with Gasteiger partial charge in [-0.25, -0.2) is 0 Å². The molecule has 120 valence electrons. The van der Waals surface area contributed by atoms with Gasteiger partial charge in [0.25, 0.3) is 5.89 Å². The quantitative estimate of drug-likeness (QED) is 0.596. The van der Waals surface area contributed by atoms with Gasteiger partial charge >= 0.3 is 0 Å². The van der Waals surface area contributed by atoms with Crippen molar-refractivity contribution in [3.63, 3.8) is 0 Å². The molecule has 4 rings (SSSR count). The van der Waals surface area contributed by atoms with Gasteiger partial charge in [-0.15, -0.1) is 11.3 Å². The molecule has 0 amide bonds. The van der Waals surface area contributed by atoms with E-state index in [0.717, 1.165) is 27.0 Å². The largest absolute Gasteiger partial charge is 0.485 e. The molecular weight excluding hydrogens is 322 g/mol. The Kier molecular flexibility index (Phi) is 3.98. The van der Waals surface area contributed by atoms with Crippen LogP contribution in [0.25, 0.3) is 21.5 Å². The zero-order valence-corrected chi connectivity index (χ0v) is 13.6. The van der Waals surface area contributed by atoms with Crippen LogP contribution in [-0.2, 0) is 13.2 Å². The Labute approximate surface area is 142 Å². The number of ether oxygens (including phenoxy) is 1. The first-order valence-electron chi connectivity index (χ1n) is 7.55. The van der Waals surface area contributed by atoms with Gasteiger partial charge in [0, 0.05) is 11.9 Å². The minimum absolute atomic E-state index is 0.251. The Balaban J connectivity index is 1.54. The Hall–Kier alpha value is -2.70. The summed E-state index contributed by atoms with van der Waals surface area (Å²) in [5.41, 5.74) is 6.72. The molecule has 0 unspecified atom stereocenters. The van der Waals surface area contributed by atoms with Crippen molar-refractivity contribution in [2.24, 2.45) is 5.73 Å². The monoisotopic (exact) mass is 337 g/mol. The lowest BCUT2D eigenvalue weighted by Gasteiger charge is -2.07. The van der Waals surface area contributed by atoms with Crippen LogP contribution in [0, 0.1) is 0 Å². The first-order valence-corrected chi connectivity index (χ1v) is 8.43. The van der Waals surface area contributed by atoms with Crippen molar-refractivity contribution in [2.45, 2.75) is 13.2 Å². The molecule has 0 aliphatic carbocycles. The summed E-state index contributed by atoms with van der Waals surface area (Å²) in [6.45, 7) is 0.698. The Morgan fingerprint density at radius 1 is 1.08 bits per heavy atom. The van der Waals surface area contributed by atoms with Crippen LogP contribution in [0.15, 0.2) is 58.4 Å². The summed E-state index contributed by atoms with van der Waals surface area (Å²) < 4.78 is 11.2. The molecular formula is C18H15N3O2S. The molecule has 5 nitrogen and oxygen atoms in total. The molecule has 0 saturated carbocycles. The fraction of sp³-hybridized carbons (Fsp3) is 0.111. The topological polar surface area (TPSA) is 74.2 Å². The van der Waals surface area contributed by atoms with Crippen molar-refractivity contribution < 1.29 is 9.26 Å². The van der Waals surface area contributed by atoms with Crippen molar-refractivity contribution >= 4 is 22.1 Å². The maximum absolute atomic E-state index is 5.89. The van der Waals surface area contributed by atoms with Gasteiger partial charge in [0.2, 0.25) is 5.82 Å². The molecule has 2 heterocycles. The summed E-state index contributed by atoms with van der Waals surface area (Å²) in [4.78, 5) is 5.33. The Bertz CT molecular complexity index is 972. The highest BCUT2D eigenvalue weighted by Gasteiger charge is 2.14. The summed E-state index contributed by atoms with van der Waals surface area (Å²) in [5.74, 6) is 1.80. The number of nitrogens with zero attached hydrogens (tertiary/aromatic N) is 2. The maximum atomic E-state index is 5.89. The smallest absolute Gasteiger partial charge is 0.268 e. The predicted octanol–water partition coefficient (Wildman–Crippen LogP) is 3.99. The number of hydrogen-bond acceptors (Lipinski definition) is 6. The maximum Gasteiger partial charge on any atom is 0.268 e. The molecule has 2 aromatic carbocycles. The average molecular weight is 337 g/mol.